The van der Waals surface area contributed by atoms with Gasteiger partial charge in [0.2, 0.25) is 5.82 Å². The largest absolute Gasteiger partial charge is 0.398 e. The quantitative estimate of drug-likeness (QED) is 0.443. The summed E-state index contributed by atoms with van der Waals surface area (Å²) in [5.74, 6) is 0.730. The summed E-state index contributed by atoms with van der Waals surface area (Å²) in [5.41, 5.74) is 8.56. The lowest BCUT2D eigenvalue weighted by molar-refractivity contribution is -0.385. The summed E-state index contributed by atoms with van der Waals surface area (Å²) >= 11 is 0. The molecule has 2 N–H and O–H groups in total. The molecule has 1 atom stereocenters. The Hall–Kier alpha value is -3.23. The minimum absolute atomic E-state index is 0.0479. The van der Waals surface area contributed by atoms with E-state index in [4.69, 9.17) is 10.3 Å². The van der Waals surface area contributed by atoms with Gasteiger partial charge < -0.3 is 10.3 Å². The molecule has 9 nitrogen and oxygen atoms in total. The topological polar surface area (TPSA) is 126 Å². The third-order valence-corrected chi connectivity index (χ3v) is 4.00. The molecular formula is C15H16N6O3. The Morgan fingerprint density at radius 3 is 2.79 bits per heavy atom. The molecule has 24 heavy (non-hydrogen) atoms. The third kappa shape index (κ3) is 2.49. The number of hydrogen-bond donors (Lipinski definition) is 1. The number of anilines is 1. The lowest BCUT2D eigenvalue weighted by atomic mass is 10.1. The van der Waals surface area contributed by atoms with Crippen LogP contribution in [0.25, 0.3) is 11.4 Å². The zero-order chi connectivity index (χ0) is 17.4. The molecule has 0 radical (unpaired) electrons. The Bertz CT molecular complexity index is 914. The standard InChI is InChI=1S/C15H16N6O3/c1-8-11(5-4-6-12(8)16)14-18-15(24-19-14)10(3)20-9(2)13(7-17-20)21(22)23/h4-7,10H,16H2,1-3H3. The molecule has 1 aromatic carbocycles. The summed E-state index contributed by atoms with van der Waals surface area (Å²) in [6.07, 6.45) is 1.21. The Morgan fingerprint density at radius 2 is 2.12 bits per heavy atom. The van der Waals surface area contributed by atoms with Crippen LogP contribution in [0, 0.1) is 24.0 Å². The van der Waals surface area contributed by atoms with E-state index in [1.54, 1.807) is 19.9 Å². The van der Waals surface area contributed by atoms with Crippen molar-refractivity contribution in [3.63, 3.8) is 0 Å². The van der Waals surface area contributed by atoms with Crippen molar-refractivity contribution >= 4 is 11.4 Å². The van der Waals surface area contributed by atoms with Crippen molar-refractivity contribution in [3.05, 3.63) is 51.7 Å². The van der Waals surface area contributed by atoms with E-state index in [2.05, 4.69) is 15.2 Å². The molecule has 2 aromatic heterocycles. The predicted molar refractivity (Wildman–Crippen MR) is 86.3 cm³/mol. The van der Waals surface area contributed by atoms with Crippen LogP contribution in [0.1, 0.15) is 30.1 Å². The van der Waals surface area contributed by atoms with Crippen LogP contribution in [-0.2, 0) is 0 Å². The molecule has 0 aliphatic carbocycles. The second kappa shape index (κ2) is 5.76. The van der Waals surface area contributed by atoms with Crippen LogP contribution in [0.5, 0.6) is 0 Å². The fraction of sp³-hybridized carbons (Fsp3) is 0.267. The second-order valence-electron chi connectivity index (χ2n) is 5.47. The Morgan fingerprint density at radius 1 is 1.38 bits per heavy atom. The molecule has 124 valence electrons. The Kier molecular flexibility index (Phi) is 3.76. The molecule has 0 aliphatic heterocycles. The highest BCUT2D eigenvalue weighted by Gasteiger charge is 2.24. The number of nitrogens with two attached hydrogens (primary N) is 1. The van der Waals surface area contributed by atoms with Crippen LogP contribution >= 0.6 is 0 Å². The van der Waals surface area contributed by atoms with E-state index in [1.165, 1.54) is 10.9 Å². The van der Waals surface area contributed by atoms with Crippen molar-refractivity contribution in [1.29, 1.82) is 0 Å². The van der Waals surface area contributed by atoms with Gasteiger partial charge >= 0.3 is 5.69 Å². The zero-order valence-corrected chi connectivity index (χ0v) is 13.4. The monoisotopic (exact) mass is 328 g/mol. The SMILES string of the molecule is Cc1c(N)cccc1-c1noc(C(C)n2ncc([N+](=O)[O-])c2C)n1. The van der Waals surface area contributed by atoms with Gasteiger partial charge in [-0.3, -0.25) is 14.8 Å². The Balaban J connectivity index is 1.96. The number of aromatic nitrogens is 4. The van der Waals surface area contributed by atoms with Crippen LogP contribution in [0.15, 0.2) is 28.9 Å². The van der Waals surface area contributed by atoms with Crippen LogP contribution in [0.4, 0.5) is 11.4 Å². The van der Waals surface area contributed by atoms with Crippen molar-refractivity contribution in [2.45, 2.75) is 26.8 Å². The zero-order valence-electron chi connectivity index (χ0n) is 13.4. The van der Waals surface area contributed by atoms with Gasteiger partial charge in [0.1, 0.15) is 17.9 Å². The van der Waals surface area contributed by atoms with Crippen molar-refractivity contribution in [2.24, 2.45) is 0 Å². The molecule has 0 spiro atoms. The molecule has 0 fully saturated rings. The van der Waals surface area contributed by atoms with Gasteiger partial charge in [0.25, 0.3) is 5.89 Å². The number of hydrogen-bond acceptors (Lipinski definition) is 7. The molecule has 2 heterocycles. The lowest BCUT2D eigenvalue weighted by Crippen LogP contribution is -2.10. The highest BCUT2D eigenvalue weighted by molar-refractivity contribution is 5.67. The molecule has 9 heteroatoms. The molecule has 3 aromatic rings. The first-order valence-electron chi connectivity index (χ1n) is 7.27. The van der Waals surface area contributed by atoms with Crippen molar-refractivity contribution in [1.82, 2.24) is 19.9 Å². The van der Waals surface area contributed by atoms with Gasteiger partial charge in [-0.2, -0.15) is 10.1 Å². The fourth-order valence-electron chi connectivity index (χ4n) is 2.50. The summed E-state index contributed by atoms with van der Waals surface area (Å²) < 4.78 is 6.81. The normalized spacial score (nSPS) is 12.3. The maximum atomic E-state index is 10.9. The van der Waals surface area contributed by atoms with Crippen LogP contribution in [-0.4, -0.2) is 24.8 Å². The van der Waals surface area contributed by atoms with Gasteiger partial charge in [-0.05, 0) is 32.4 Å². The maximum absolute atomic E-state index is 10.9. The number of benzene rings is 1. The van der Waals surface area contributed by atoms with Gasteiger partial charge in [-0.1, -0.05) is 17.3 Å². The summed E-state index contributed by atoms with van der Waals surface area (Å²) in [6.45, 7) is 5.29. The number of nitrogen functional groups attached to an aromatic ring is 1. The molecule has 0 aliphatic rings. The van der Waals surface area contributed by atoms with Gasteiger partial charge in [0, 0.05) is 11.3 Å². The smallest absolute Gasteiger partial charge is 0.309 e. The minimum Gasteiger partial charge on any atom is -0.398 e. The van der Waals surface area contributed by atoms with Crippen molar-refractivity contribution < 1.29 is 9.45 Å². The summed E-state index contributed by atoms with van der Waals surface area (Å²) in [7, 11) is 0. The highest BCUT2D eigenvalue weighted by atomic mass is 16.6. The predicted octanol–water partition coefficient (Wildman–Crippen LogP) is 2.65. The number of rotatable bonds is 4. The molecule has 0 bridgehead atoms. The third-order valence-electron chi connectivity index (χ3n) is 4.00. The summed E-state index contributed by atoms with van der Waals surface area (Å²) in [4.78, 5) is 14.9. The van der Waals surface area contributed by atoms with E-state index in [1.807, 2.05) is 19.1 Å². The first kappa shape index (κ1) is 15.7. The van der Waals surface area contributed by atoms with E-state index in [9.17, 15) is 10.1 Å². The van der Waals surface area contributed by atoms with E-state index in [0.717, 1.165) is 11.1 Å². The molecule has 0 amide bonds. The van der Waals surface area contributed by atoms with E-state index >= 15 is 0 Å². The van der Waals surface area contributed by atoms with Crippen molar-refractivity contribution in [2.75, 3.05) is 5.73 Å². The van der Waals surface area contributed by atoms with Gasteiger partial charge in [-0.15, -0.1) is 0 Å². The molecule has 1 unspecified atom stereocenters. The molecule has 0 saturated carbocycles. The number of nitrogens with zero attached hydrogens (tertiary/aromatic N) is 5. The van der Waals surface area contributed by atoms with E-state index < -0.39 is 11.0 Å². The Labute approximate surface area is 137 Å². The highest BCUT2D eigenvalue weighted by Crippen LogP contribution is 2.28. The molecule has 0 saturated heterocycles. The average Bonchev–Trinajstić information content (AvgIpc) is 3.16. The van der Waals surface area contributed by atoms with Crippen LogP contribution < -0.4 is 5.73 Å². The lowest BCUT2D eigenvalue weighted by Gasteiger charge is -2.08. The maximum Gasteiger partial charge on any atom is 0.309 e. The van der Waals surface area contributed by atoms with E-state index in [-0.39, 0.29) is 5.69 Å². The number of nitro groups is 1. The second-order valence-corrected chi connectivity index (χ2v) is 5.47. The van der Waals surface area contributed by atoms with Gasteiger partial charge in [0.05, 0.1) is 4.92 Å². The summed E-state index contributed by atoms with van der Waals surface area (Å²) in [6, 6.07) is 5.04. The first-order chi connectivity index (χ1) is 11.4. The fourth-order valence-corrected chi connectivity index (χ4v) is 2.50. The van der Waals surface area contributed by atoms with Crippen LogP contribution in [0.2, 0.25) is 0 Å². The van der Waals surface area contributed by atoms with Crippen molar-refractivity contribution in [3.8, 4) is 11.4 Å². The van der Waals surface area contributed by atoms with Gasteiger partial charge in [-0.25, -0.2) is 0 Å². The van der Waals surface area contributed by atoms with Gasteiger partial charge in [0.15, 0.2) is 0 Å². The molecule has 3 rings (SSSR count). The summed E-state index contributed by atoms with van der Waals surface area (Å²) in [5, 5.41) is 19.0. The first-order valence-corrected chi connectivity index (χ1v) is 7.27. The van der Waals surface area contributed by atoms with Crippen LogP contribution in [0.3, 0.4) is 0 Å². The van der Waals surface area contributed by atoms with E-state index in [0.29, 0.717) is 23.1 Å². The minimum atomic E-state index is -0.471. The molecular weight excluding hydrogens is 312 g/mol. The average molecular weight is 328 g/mol.